The van der Waals surface area contributed by atoms with Crippen molar-refractivity contribution in [2.45, 2.75) is 33.1 Å². The maximum Gasteiger partial charge on any atom is 0.0462 e. The van der Waals surface area contributed by atoms with E-state index in [0.29, 0.717) is 0 Å². The van der Waals surface area contributed by atoms with Crippen molar-refractivity contribution >= 4 is 34.9 Å². The molecule has 0 radical (unpaired) electrons. The van der Waals surface area contributed by atoms with Crippen LogP contribution in [0.4, 0.5) is 22.7 Å². The fourth-order valence-electron chi connectivity index (χ4n) is 5.57. The molecule has 0 N–H and O–H groups in total. The van der Waals surface area contributed by atoms with Gasteiger partial charge in [0.25, 0.3) is 0 Å². The number of piperidine rings is 1. The van der Waals surface area contributed by atoms with Crippen molar-refractivity contribution < 1.29 is 0 Å². The monoisotopic (exact) mass is 534 g/mol. The van der Waals surface area contributed by atoms with Crippen molar-refractivity contribution in [2.75, 3.05) is 22.9 Å². The lowest BCUT2D eigenvalue weighted by Gasteiger charge is -2.28. The number of rotatable bonds is 7. The molecule has 204 valence electrons. The van der Waals surface area contributed by atoms with E-state index in [1.165, 1.54) is 71.4 Å². The van der Waals surface area contributed by atoms with Gasteiger partial charge in [0, 0.05) is 35.8 Å². The summed E-state index contributed by atoms with van der Waals surface area (Å²) in [5.41, 5.74) is 12.2. The average Bonchev–Trinajstić information content (AvgIpc) is 3.03. The van der Waals surface area contributed by atoms with Gasteiger partial charge in [0.15, 0.2) is 0 Å². The third-order valence-electron chi connectivity index (χ3n) is 8.04. The van der Waals surface area contributed by atoms with Crippen LogP contribution < -0.4 is 9.80 Å². The van der Waals surface area contributed by atoms with Gasteiger partial charge in [-0.1, -0.05) is 96.1 Å². The van der Waals surface area contributed by atoms with Crippen LogP contribution in [0.2, 0.25) is 0 Å². The van der Waals surface area contributed by atoms with E-state index < -0.39 is 0 Å². The number of anilines is 4. The van der Waals surface area contributed by atoms with Crippen LogP contribution in [0.5, 0.6) is 0 Å². The van der Waals surface area contributed by atoms with E-state index in [0.717, 1.165) is 17.1 Å². The number of aryl methyl sites for hydroxylation is 2. The molecule has 0 aromatic heterocycles. The molecule has 41 heavy (non-hydrogen) atoms. The van der Waals surface area contributed by atoms with E-state index in [2.05, 4.69) is 157 Å². The minimum absolute atomic E-state index is 1.14. The van der Waals surface area contributed by atoms with E-state index in [1.54, 1.807) is 0 Å². The Morgan fingerprint density at radius 2 is 0.854 bits per heavy atom. The summed E-state index contributed by atoms with van der Waals surface area (Å²) >= 11 is 0. The zero-order chi connectivity index (χ0) is 28.0. The van der Waals surface area contributed by atoms with Crippen molar-refractivity contribution in [3.8, 4) is 11.1 Å². The topological polar surface area (TPSA) is 6.48 Å². The van der Waals surface area contributed by atoms with Crippen molar-refractivity contribution in [3.05, 3.63) is 144 Å². The Morgan fingerprint density at radius 1 is 0.463 bits per heavy atom. The van der Waals surface area contributed by atoms with Gasteiger partial charge in [0.1, 0.15) is 0 Å². The minimum Gasteiger partial charge on any atom is -0.372 e. The number of hydrogen-bond acceptors (Lipinski definition) is 2. The van der Waals surface area contributed by atoms with Gasteiger partial charge in [-0.15, -0.1) is 0 Å². The van der Waals surface area contributed by atoms with E-state index in [9.17, 15) is 0 Å². The maximum atomic E-state index is 2.51. The highest BCUT2D eigenvalue weighted by Gasteiger charge is 2.13. The molecule has 5 aromatic carbocycles. The summed E-state index contributed by atoms with van der Waals surface area (Å²) in [5, 5.41) is 0. The van der Waals surface area contributed by atoms with E-state index in [4.69, 9.17) is 0 Å². The first-order valence-electron chi connectivity index (χ1n) is 14.8. The Kier molecular flexibility index (Phi) is 8.00. The Balaban J connectivity index is 1.15. The van der Waals surface area contributed by atoms with Crippen molar-refractivity contribution in [1.29, 1.82) is 0 Å². The van der Waals surface area contributed by atoms with Gasteiger partial charge < -0.3 is 9.80 Å². The predicted octanol–water partition coefficient (Wildman–Crippen LogP) is 10.6. The highest BCUT2D eigenvalue weighted by molar-refractivity contribution is 5.78. The van der Waals surface area contributed by atoms with Gasteiger partial charge in [-0.2, -0.15) is 0 Å². The molecule has 0 aliphatic carbocycles. The molecule has 0 saturated carbocycles. The smallest absolute Gasteiger partial charge is 0.0462 e. The summed E-state index contributed by atoms with van der Waals surface area (Å²) in [7, 11) is 0. The number of nitrogens with zero attached hydrogens (tertiary/aromatic N) is 2. The first-order chi connectivity index (χ1) is 20.1. The van der Waals surface area contributed by atoms with E-state index in [-0.39, 0.29) is 0 Å². The molecule has 6 rings (SSSR count). The summed E-state index contributed by atoms with van der Waals surface area (Å²) in [6.07, 6.45) is 8.35. The maximum absolute atomic E-state index is 2.51. The molecule has 0 spiro atoms. The van der Waals surface area contributed by atoms with Crippen molar-refractivity contribution in [1.82, 2.24) is 0 Å². The normalized spacial score (nSPS) is 13.5. The summed E-state index contributed by atoms with van der Waals surface area (Å²) in [5.74, 6) is 0. The van der Waals surface area contributed by atoms with Gasteiger partial charge in [-0.25, -0.2) is 0 Å². The average molecular weight is 535 g/mol. The van der Waals surface area contributed by atoms with Gasteiger partial charge in [0.05, 0.1) is 0 Å². The molecule has 1 saturated heterocycles. The van der Waals surface area contributed by atoms with Crippen LogP contribution >= 0.6 is 0 Å². The van der Waals surface area contributed by atoms with Gasteiger partial charge in [-0.05, 0) is 104 Å². The minimum atomic E-state index is 1.14. The van der Waals surface area contributed by atoms with Crippen molar-refractivity contribution in [2.24, 2.45) is 0 Å². The Morgan fingerprint density at radius 3 is 1.32 bits per heavy atom. The zero-order valence-electron chi connectivity index (χ0n) is 24.1. The molecule has 1 heterocycles. The van der Waals surface area contributed by atoms with Crippen LogP contribution in [0, 0.1) is 13.8 Å². The highest BCUT2D eigenvalue weighted by atomic mass is 15.1. The fraction of sp³-hybridized carbons (Fsp3) is 0.179. The number of benzene rings is 5. The second-order valence-corrected chi connectivity index (χ2v) is 11.1. The molecular weight excluding hydrogens is 496 g/mol. The molecule has 1 fully saturated rings. The fourth-order valence-corrected chi connectivity index (χ4v) is 5.57. The van der Waals surface area contributed by atoms with Crippen molar-refractivity contribution in [3.63, 3.8) is 0 Å². The van der Waals surface area contributed by atoms with Crippen LogP contribution in [-0.4, -0.2) is 13.1 Å². The van der Waals surface area contributed by atoms with Gasteiger partial charge in [0.2, 0.25) is 0 Å². The first kappa shape index (κ1) is 26.7. The molecule has 0 bridgehead atoms. The molecule has 1 aliphatic heterocycles. The van der Waals surface area contributed by atoms with Crippen LogP contribution in [0.15, 0.2) is 121 Å². The standard InChI is InChI=1S/C39H38N2/c1-30-6-20-37(21-7-30)41(38-22-8-31(2)9-23-38)39-24-14-33(15-25-39)11-10-32-12-16-34(17-13-32)35-18-26-36(27-19-35)40-28-4-3-5-29-40/h6-27H,3-5,28-29H2,1-2H3/b11-10+. The van der Waals surface area contributed by atoms with Gasteiger partial charge >= 0.3 is 0 Å². The molecule has 5 aromatic rings. The summed E-state index contributed by atoms with van der Waals surface area (Å²) in [4.78, 5) is 4.82. The Bertz CT molecular complexity index is 1530. The van der Waals surface area contributed by atoms with Crippen LogP contribution in [-0.2, 0) is 0 Å². The summed E-state index contributed by atoms with van der Waals surface area (Å²) in [6, 6.07) is 44.2. The molecular formula is C39H38N2. The molecule has 2 heteroatoms. The van der Waals surface area contributed by atoms with Crippen LogP contribution in [0.25, 0.3) is 23.3 Å². The van der Waals surface area contributed by atoms with E-state index >= 15 is 0 Å². The lowest BCUT2D eigenvalue weighted by Crippen LogP contribution is -2.29. The Labute approximate surface area is 245 Å². The van der Waals surface area contributed by atoms with Crippen LogP contribution in [0.1, 0.15) is 41.5 Å². The third kappa shape index (κ3) is 6.44. The summed E-state index contributed by atoms with van der Waals surface area (Å²) in [6.45, 7) is 6.62. The lowest BCUT2D eigenvalue weighted by molar-refractivity contribution is 0.578. The zero-order valence-corrected chi connectivity index (χ0v) is 24.1. The molecule has 0 atom stereocenters. The molecule has 2 nitrogen and oxygen atoms in total. The highest BCUT2D eigenvalue weighted by Crippen LogP contribution is 2.35. The lowest BCUT2D eigenvalue weighted by atomic mass is 10.0. The molecule has 0 unspecified atom stereocenters. The third-order valence-corrected chi connectivity index (χ3v) is 8.04. The molecule has 0 amide bonds. The second-order valence-electron chi connectivity index (χ2n) is 11.1. The predicted molar refractivity (Wildman–Crippen MR) is 177 cm³/mol. The number of hydrogen-bond donors (Lipinski definition) is 0. The van der Waals surface area contributed by atoms with E-state index in [1.807, 2.05) is 0 Å². The molecule has 1 aliphatic rings. The summed E-state index contributed by atoms with van der Waals surface area (Å²) < 4.78 is 0. The first-order valence-corrected chi connectivity index (χ1v) is 14.8. The SMILES string of the molecule is Cc1ccc(N(c2ccc(C)cc2)c2ccc(/C=C/c3ccc(-c4ccc(N5CCCCC5)cc4)cc3)cc2)cc1. The van der Waals surface area contributed by atoms with Crippen LogP contribution in [0.3, 0.4) is 0 Å². The Hall–Kier alpha value is -4.56. The second kappa shape index (κ2) is 12.3. The van der Waals surface area contributed by atoms with Gasteiger partial charge in [-0.3, -0.25) is 0 Å². The quantitative estimate of drug-likeness (QED) is 0.192. The largest absolute Gasteiger partial charge is 0.372 e.